The number of benzene rings is 1. The zero-order valence-electron chi connectivity index (χ0n) is 12.0. The fourth-order valence-corrected chi connectivity index (χ4v) is 3.24. The van der Waals surface area contributed by atoms with Crippen LogP contribution < -0.4 is 15.2 Å². The van der Waals surface area contributed by atoms with Crippen LogP contribution in [0.3, 0.4) is 0 Å². The molecule has 0 amide bonds. The fourth-order valence-electron chi connectivity index (χ4n) is 1.60. The number of hydrogen-bond acceptors (Lipinski definition) is 5. The van der Waals surface area contributed by atoms with Crippen molar-refractivity contribution in [2.24, 2.45) is 5.73 Å². The molecule has 120 valence electrons. The van der Waals surface area contributed by atoms with E-state index in [2.05, 4.69) is 9.44 Å². The van der Waals surface area contributed by atoms with E-state index >= 15 is 0 Å². The first kappa shape index (κ1) is 18.1. The van der Waals surface area contributed by atoms with Crippen molar-refractivity contribution in [3.8, 4) is 0 Å². The highest BCUT2D eigenvalue weighted by atomic mass is 32.2. The van der Waals surface area contributed by atoms with Gasteiger partial charge >= 0.3 is 0 Å². The number of rotatable bonds is 8. The molecular weight excluding hydrogens is 314 g/mol. The minimum Gasteiger partial charge on any atom is -0.324 e. The number of nitrogens with two attached hydrogens (primary N) is 1. The molecule has 0 aliphatic heterocycles. The maximum atomic E-state index is 12.1. The van der Waals surface area contributed by atoms with Crippen LogP contribution in [0.5, 0.6) is 0 Å². The van der Waals surface area contributed by atoms with E-state index < -0.39 is 20.0 Å². The Morgan fingerprint density at radius 2 is 1.76 bits per heavy atom. The van der Waals surface area contributed by atoms with Gasteiger partial charge in [-0.3, -0.25) is 0 Å². The van der Waals surface area contributed by atoms with Gasteiger partial charge in [-0.05, 0) is 31.0 Å². The van der Waals surface area contributed by atoms with Crippen LogP contribution in [0.25, 0.3) is 0 Å². The molecule has 0 fully saturated rings. The normalized spacial score (nSPS) is 14.0. The van der Waals surface area contributed by atoms with Crippen molar-refractivity contribution in [1.82, 2.24) is 9.44 Å². The summed E-state index contributed by atoms with van der Waals surface area (Å²) >= 11 is 0. The largest absolute Gasteiger partial charge is 0.324 e. The second kappa shape index (κ2) is 7.32. The molecule has 1 rings (SSSR count). The monoisotopic (exact) mass is 335 g/mol. The van der Waals surface area contributed by atoms with E-state index in [0.717, 1.165) is 11.8 Å². The Balaban J connectivity index is 2.60. The van der Waals surface area contributed by atoms with Gasteiger partial charge in [-0.2, -0.15) is 0 Å². The summed E-state index contributed by atoms with van der Waals surface area (Å²) in [5.74, 6) is 0. The molecule has 1 aromatic carbocycles. The lowest BCUT2D eigenvalue weighted by atomic mass is 10.1. The Hall–Kier alpha value is -1.00. The second-order valence-electron chi connectivity index (χ2n) is 4.78. The lowest BCUT2D eigenvalue weighted by Gasteiger charge is -2.10. The van der Waals surface area contributed by atoms with Crippen LogP contribution in [0, 0.1) is 0 Å². The third kappa shape index (κ3) is 6.53. The van der Waals surface area contributed by atoms with Gasteiger partial charge in [0.05, 0.1) is 11.2 Å². The summed E-state index contributed by atoms with van der Waals surface area (Å²) in [6, 6.07) is 6.17. The maximum Gasteiger partial charge on any atom is 0.240 e. The van der Waals surface area contributed by atoms with Gasteiger partial charge in [0.1, 0.15) is 0 Å². The molecule has 9 heteroatoms. The lowest BCUT2D eigenvalue weighted by Crippen LogP contribution is -2.29. The van der Waals surface area contributed by atoms with E-state index in [0.29, 0.717) is 6.42 Å². The van der Waals surface area contributed by atoms with Crippen LogP contribution in [0.4, 0.5) is 0 Å². The van der Waals surface area contributed by atoms with Crippen LogP contribution in [-0.2, 0) is 20.0 Å². The van der Waals surface area contributed by atoms with Crippen molar-refractivity contribution in [3.63, 3.8) is 0 Å². The van der Waals surface area contributed by atoms with Crippen LogP contribution in [0.2, 0.25) is 0 Å². The predicted molar refractivity (Wildman–Crippen MR) is 81.7 cm³/mol. The highest BCUT2D eigenvalue weighted by Gasteiger charge is 2.14. The minimum atomic E-state index is -3.62. The van der Waals surface area contributed by atoms with Crippen molar-refractivity contribution in [1.29, 1.82) is 0 Å². The molecule has 0 saturated carbocycles. The van der Waals surface area contributed by atoms with Crippen LogP contribution in [0.1, 0.15) is 24.9 Å². The molecule has 0 saturated heterocycles. The van der Waals surface area contributed by atoms with Gasteiger partial charge in [0.15, 0.2) is 0 Å². The fraction of sp³-hybridized carbons (Fsp3) is 0.500. The zero-order chi connectivity index (χ0) is 16.1. The first-order valence-electron chi connectivity index (χ1n) is 6.42. The molecule has 21 heavy (non-hydrogen) atoms. The second-order valence-corrected chi connectivity index (χ2v) is 8.38. The van der Waals surface area contributed by atoms with E-state index in [1.54, 1.807) is 19.1 Å². The summed E-state index contributed by atoms with van der Waals surface area (Å²) in [4.78, 5) is 0.147. The minimum absolute atomic E-state index is 0.146. The van der Waals surface area contributed by atoms with Gasteiger partial charge in [-0.15, -0.1) is 0 Å². The molecule has 1 atom stereocenters. The van der Waals surface area contributed by atoms with E-state index in [1.807, 2.05) is 0 Å². The Morgan fingerprint density at radius 1 is 1.14 bits per heavy atom. The Bertz CT molecular complexity index is 669. The number of nitrogens with one attached hydrogen (secondary N) is 2. The average molecular weight is 335 g/mol. The molecule has 0 aliphatic rings. The molecule has 1 aromatic rings. The highest BCUT2D eigenvalue weighted by Crippen LogP contribution is 2.15. The summed E-state index contributed by atoms with van der Waals surface area (Å²) in [6.45, 7) is 2.10. The summed E-state index contributed by atoms with van der Waals surface area (Å²) in [7, 11) is -6.86. The van der Waals surface area contributed by atoms with Gasteiger partial charge in [0, 0.05) is 19.1 Å². The predicted octanol–water partition coefficient (Wildman–Crippen LogP) is -0.0761. The van der Waals surface area contributed by atoms with Crippen molar-refractivity contribution in [3.05, 3.63) is 29.8 Å². The van der Waals surface area contributed by atoms with E-state index in [4.69, 9.17) is 5.73 Å². The van der Waals surface area contributed by atoms with E-state index in [-0.39, 0.29) is 24.0 Å². The quantitative estimate of drug-likeness (QED) is 0.574. The lowest BCUT2D eigenvalue weighted by molar-refractivity contribution is 0.574. The average Bonchev–Trinajstić information content (AvgIpc) is 2.37. The standard InChI is InChI=1S/C12H21N3O4S2/c1-10(13)11-5-3-6-12(9-11)21(18,19)15-8-4-7-14-20(2,16)17/h3,5-6,9-10,14-15H,4,7-8,13H2,1-2H3. The Morgan fingerprint density at radius 3 is 2.33 bits per heavy atom. The first-order chi connectivity index (χ1) is 9.62. The van der Waals surface area contributed by atoms with Gasteiger partial charge < -0.3 is 5.73 Å². The van der Waals surface area contributed by atoms with E-state index in [9.17, 15) is 16.8 Å². The molecule has 7 nitrogen and oxygen atoms in total. The molecular formula is C12H21N3O4S2. The number of hydrogen-bond donors (Lipinski definition) is 3. The van der Waals surface area contributed by atoms with Crippen molar-refractivity contribution in [2.75, 3.05) is 19.3 Å². The first-order valence-corrected chi connectivity index (χ1v) is 9.79. The van der Waals surface area contributed by atoms with Crippen LogP contribution in [-0.4, -0.2) is 36.2 Å². The van der Waals surface area contributed by atoms with Crippen molar-refractivity contribution >= 4 is 20.0 Å². The topological polar surface area (TPSA) is 118 Å². The molecule has 0 aliphatic carbocycles. The molecule has 0 spiro atoms. The van der Waals surface area contributed by atoms with Gasteiger partial charge in [-0.25, -0.2) is 26.3 Å². The Labute approximate surface area is 126 Å². The molecule has 0 radical (unpaired) electrons. The Kier molecular flexibility index (Phi) is 6.29. The maximum absolute atomic E-state index is 12.1. The zero-order valence-corrected chi connectivity index (χ0v) is 13.7. The summed E-state index contributed by atoms with van der Waals surface area (Å²) in [5.41, 5.74) is 6.46. The van der Waals surface area contributed by atoms with Crippen molar-refractivity contribution in [2.45, 2.75) is 24.3 Å². The summed E-state index contributed by atoms with van der Waals surface area (Å²) in [6.07, 6.45) is 1.41. The van der Waals surface area contributed by atoms with Crippen molar-refractivity contribution < 1.29 is 16.8 Å². The molecule has 4 N–H and O–H groups in total. The summed E-state index contributed by atoms with van der Waals surface area (Å²) < 4.78 is 50.6. The SMILES string of the molecule is CC(N)c1cccc(S(=O)(=O)NCCCNS(C)(=O)=O)c1. The molecule has 1 unspecified atom stereocenters. The van der Waals surface area contributed by atoms with E-state index in [1.165, 1.54) is 12.1 Å². The molecule has 0 bridgehead atoms. The van der Waals surface area contributed by atoms with Gasteiger partial charge in [-0.1, -0.05) is 12.1 Å². The number of sulfonamides is 2. The highest BCUT2D eigenvalue weighted by molar-refractivity contribution is 7.89. The summed E-state index contributed by atoms with van der Waals surface area (Å²) in [5, 5.41) is 0. The third-order valence-corrected chi connectivity index (χ3v) is 4.89. The third-order valence-electron chi connectivity index (χ3n) is 2.70. The van der Waals surface area contributed by atoms with Gasteiger partial charge in [0.25, 0.3) is 0 Å². The molecule has 0 heterocycles. The van der Waals surface area contributed by atoms with Crippen LogP contribution in [0.15, 0.2) is 29.2 Å². The van der Waals surface area contributed by atoms with Crippen LogP contribution >= 0.6 is 0 Å². The smallest absolute Gasteiger partial charge is 0.240 e. The van der Waals surface area contributed by atoms with Gasteiger partial charge in [0.2, 0.25) is 20.0 Å². The molecule has 0 aromatic heterocycles.